The SMILES string of the molecule is FC1(F)Oc2ccc(CNNc3ccccc3)cc2O1. The summed E-state index contributed by atoms with van der Waals surface area (Å²) in [6.45, 7) is 0.455. The van der Waals surface area contributed by atoms with Crippen molar-refractivity contribution in [3.05, 3.63) is 54.1 Å². The molecule has 1 aliphatic heterocycles. The molecule has 0 saturated carbocycles. The zero-order valence-corrected chi connectivity index (χ0v) is 10.4. The molecule has 0 amide bonds. The van der Waals surface area contributed by atoms with Crippen LogP contribution in [0.1, 0.15) is 5.56 Å². The molecular weight excluding hydrogens is 266 g/mol. The van der Waals surface area contributed by atoms with E-state index in [-0.39, 0.29) is 11.5 Å². The normalized spacial score (nSPS) is 15.1. The van der Waals surface area contributed by atoms with Gasteiger partial charge >= 0.3 is 6.29 Å². The number of benzene rings is 2. The van der Waals surface area contributed by atoms with E-state index in [0.717, 1.165) is 11.3 Å². The summed E-state index contributed by atoms with van der Waals surface area (Å²) >= 11 is 0. The number of hydrogen-bond acceptors (Lipinski definition) is 4. The Labute approximate surface area is 114 Å². The summed E-state index contributed by atoms with van der Waals surface area (Å²) in [5, 5.41) is 0. The maximum Gasteiger partial charge on any atom is 0.586 e. The van der Waals surface area contributed by atoms with E-state index in [0.29, 0.717) is 6.54 Å². The maximum absolute atomic E-state index is 12.9. The van der Waals surface area contributed by atoms with Crippen molar-refractivity contribution in [3.8, 4) is 11.5 Å². The van der Waals surface area contributed by atoms with Gasteiger partial charge in [0, 0.05) is 12.2 Å². The van der Waals surface area contributed by atoms with Crippen LogP contribution in [-0.2, 0) is 6.54 Å². The minimum Gasteiger partial charge on any atom is -0.395 e. The second-order valence-corrected chi connectivity index (χ2v) is 4.29. The lowest BCUT2D eigenvalue weighted by Crippen LogP contribution is -2.25. The second kappa shape index (κ2) is 4.97. The van der Waals surface area contributed by atoms with Crippen LogP contribution >= 0.6 is 0 Å². The molecule has 2 N–H and O–H groups in total. The fourth-order valence-electron chi connectivity index (χ4n) is 1.87. The quantitative estimate of drug-likeness (QED) is 0.843. The molecule has 20 heavy (non-hydrogen) atoms. The van der Waals surface area contributed by atoms with Crippen molar-refractivity contribution >= 4 is 5.69 Å². The van der Waals surface area contributed by atoms with Crippen LogP contribution in [0.2, 0.25) is 0 Å². The molecule has 0 bridgehead atoms. The Bertz CT molecular complexity index is 605. The van der Waals surface area contributed by atoms with Gasteiger partial charge in [-0.1, -0.05) is 24.3 Å². The van der Waals surface area contributed by atoms with E-state index in [1.165, 1.54) is 12.1 Å². The highest BCUT2D eigenvalue weighted by Gasteiger charge is 2.43. The second-order valence-electron chi connectivity index (χ2n) is 4.29. The lowest BCUT2D eigenvalue weighted by atomic mass is 10.2. The van der Waals surface area contributed by atoms with E-state index in [2.05, 4.69) is 20.3 Å². The van der Waals surface area contributed by atoms with Gasteiger partial charge in [0.05, 0.1) is 0 Å². The van der Waals surface area contributed by atoms with Crippen LogP contribution in [0.4, 0.5) is 14.5 Å². The molecular formula is C14H12F2N2O2. The number of hydrogen-bond donors (Lipinski definition) is 2. The number of hydrazine groups is 1. The van der Waals surface area contributed by atoms with Crippen molar-refractivity contribution in [3.63, 3.8) is 0 Å². The van der Waals surface area contributed by atoms with E-state index >= 15 is 0 Å². The number of anilines is 1. The lowest BCUT2D eigenvalue weighted by molar-refractivity contribution is -0.286. The average molecular weight is 278 g/mol. The van der Waals surface area contributed by atoms with Crippen molar-refractivity contribution in [1.29, 1.82) is 0 Å². The fraction of sp³-hybridized carbons (Fsp3) is 0.143. The van der Waals surface area contributed by atoms with Crippen LogP contribution < -0.4 is 20.3 Å². The molecule has 6 heteroatoms. The predicted molar refractivity (Wildman–Crippen MR) is 69.5 cm³/mol. The van der Waals surface area contributed by atoms with Gasteiger partial charge in [-0.05, 0) is 29.8 Å². The minimum atomic E-state index is -3.57. The van der Waals surface area contributed by atoms with Crippen molar-refractivity contribution < 1.29 is 18.3 Å². The van der Waals surface area contributed by atoms with Crippen LogP contribution in [0, 0.1) is 0 Å². The maximum atomic E-state index is 12.9. The van der Waals surface area contributed by atoms with E-state index in [4.69, 9.17) is 0 Å². The van der Waals surface area contributed by atoms with Crippen LogP contribution in [0.15, 0.2) is 48.5 Å². The zero-order chi connectivity index (χ0) is 14.0. The molecule has 0 radical (unpaired) electrons. The third kappa shape index (κ3) is 2.80. The summed E-state index contributed by atoms with van der Waals surface area (Å²) in [4.78, 5) is 0. The summed E-state index contributed by atoms with van der Waals surface area (Å²) in [6, 6.07) is 14.2. The summed E-state index contributed by atoms with van der Waals surface area (Å²) in [7, 11) is 0. The molecule has 3 rings (SSSR count). The smallest absolute Gasteiger partial charge is 0.395 e. The monoisotopic (exact) mass is 278 g/mol. The van der Waals surface area contributed by atoms with Gasteiger partial charge in [-0.2, -0.15) is 0 Å². The number of halogens is 2. The van der Waals surface area contributed by atoms with Crippen LogP contribution in [0.5, 0.6) is 11.5 Å². The Kier molecular flexibility index (Phi) is 3.15. The standard InChI is InChI=1S/C14H12F2N2O2/c15-14(16)19-12-7-6-10(8-13(12)20-14)9-17-18-11-4-2-1-3-5-11/h1-8,17-18H,9H2. The Morgan fingerprint density at radius 3 is 2.50 bits per heavy atom. The Balaban J connectivity index is 1.60. The van der Waals surface area contributed by atoms with E-state index in [1.807, 2.05) is 30.3 Å². The van der Waals surface area contributed by atoms with Gasteiger partial charge in [0.1, 0.15) is 0 Å². The van der Waals surface area contributed by atoms with Gasteiger partial charge in [0.25, 0.3) is 0 Å². The number of alkyl halides is 2. The first kappa shape index (κ1) is 12.7. The van der Waals surface area contributed by atoms with Gasteiger partial charge in [0.2, 0.25) is 0 Å². The van der Waals surface area contributed by atoms with Gasteiger partial charge in [-0.3, -0.25) is 0 Å². The summed E-state index contributed by atoms with van der Waals surface area (Å²) in [6.07, 6.45) is -3.57. The number of rotatable bonds is 4. The van der Waals surface area contributed by atoms with E-state index < -0.39 is 6.29 Å². The fourth-order valence-corrected chi connectivity index (χ4v) is 1.87. The largest absolute Gasteiger partial charge is 0.586 e. The molecule has 0 aromatic heterocycles. The first-order valence-electron chi connectivity index (χ1n) is 6.05. The van der Waals surface area contributed by atoms with E-state index in [9.17, 15) is 8.78 Å². The summed E-state index contributed by atoms with van der Waals surface area (Å²) in [5.41, 5.74) is 7.72. The molecule has 104 valence electrons. The van der Waals surface area contributed by atoms with Crippen molar-refractivity contribution in [2.45, 2.75) is 12.8 Å². The Hall–Kier alpha value is -2.34. The molecule has 0 aliphatic carbocycles. The molecule has 0 saturated heterocycles. The molecule has 0 unspecified atom stereocenters. The Morgan fingerprint density at radius 2 is 1.70 bits per heavy atom. The van der Waals surface area contributed by atoms with Gasteiger partial charge < -0.3 is 14.9 Å². The van der Waals surface area contributed by atoms with Gasteiger partial charge in [0.15, 0.2) is 11.5 Å². The van der Waals surface area contributed by atoms with Crippen LogP contribution in [0.25, 0.3) is 0 Å². The third-order valence-electron chi connectivity index (χ3n) is 2.76. The molecule has 0 spiro atoms. The first-order chi connectivity index (χ1) is 9.62. The molecule has 1 aliphatic rings. The van der Waals surface area contributed by atoms with Crippen LogP contribution in [-0.4, -0.2) is 6.29 Å². The first-order valence-corrected chi connectivity index (χ1v) is 6.05. The average Bonchev–Trinajstić information content (AvgIpc) is 2.73. The summed E-state index contributed by atoms with van der Waals surface area (Å²) in [5.74, 6) is 0.101. The molecule has 1 heterocycles. The highest BCUT2D eigenvalue weighted by atomic mass is 19.3. The molecule has 0 atom stereocenters. The number of para-hydroxylation sites is 1. The Morgan fingerprint density at radius 1 is 0.950 bits per heavy atom. The zero-order valence-electron chi connectivity index (χ0n) is 10.4. The predicted octanol–water partition coefficient (Wildman–Crippen LogP) is 3.12. The molecule has 2 aromatic carbocycles. The van der Waals surface area contributed by atoms with Gasteiger partial charge in [-0.15, -0.1) is 8.78 Å². The summed E-state index contributed by atoms with van der Waals surface area (Å²) < 4.78 is 34.5. The highest BCUT2D eigenvalue weighted by molar-refractivity contribution is 5.45. The number of ether oxygens (including phenoxy) is 2. The molecule has 4 nitrogen and oxygen atoms in total. The number of nitrogens with one attached hydrogen (secondary N) is 2. The minimum absolute atomic E-state index is 0.0500. The third-order valence-corrected chi connectivity index (χ3v) is 2.76. The van der Waals surface area contributed by atoms with Gasteiger partial charge in [-0.25, -0.2) is 5.43 Å². The molecule has 0 fully saturated rings. The topological polar surface area (TPSA) is 42.5 Å². The number of fused-ring (bicyclic) bond motifs is 1. The van der Waals surface area contributed by atoms with Crippen molar-refractivity contribution in [2.24, 2.45) is 0 Å². The van der Waals surface area contributed by atoms with Crippen molar-refractivity contribution in [1.82, 2.24) is 5.43 Å². The highest BCUT2D eigenvalue weighted by Crippen LogP contribution is 2.41. The molecule has 2 aromatic rings. The van der Waals surface area contributed by atoms with Crippen molar-refractivity contribution in [2.75, 3.05) is 5.43 Å². The van der Waals surface area contributed by atoms with E-state index in [1.54, 1.807) is 6.07 Å². The van der Waals surface area contributed by atoms with Crippen LogP contribution in [0.3, 0.4) is 0 Å². The lowest BCUT2D eigenvalue weighted by Gasteiger charge is -2.08.